The minimum absolute atomic E-state index is 0.337. The number of nitrogens with zero attached hydrogens (tertiary/aromatic N) is 5. The number of hydrogen-bond donors (Lipinski definition) is 1. The fourth-order valence-electron chi connectivity index (χ4n) is 2.05. The first-order valence-electron chi connectivity index (χ1n) is 6.69. The van der Waals surface area contributed by atoms with Crippen LogP contribution < -0.4 is 0 Å². The molecule has 0 saturated carbocycles. The largest absolute Gasteiger partial charge is 0.480 e. The minimum atomic E-state index is -0.871. The molecule has 0 spiro atoms. The summed E-state index contributed by atoms with van der Waals surface area (Å²) in [5.41, 5.74) is 0. The van der Waals surface area contributed by atoms with E-state index in [1.165, 1.54) is 0 Å². The van der Waals surface area contributed by atoms with Gasteiger partial charge in [0.15, 0.2) is 0 Å². The highest BCUT2D eigenvalue weighted by atomic mass is 16.4. The van der Waals surface area contributed by atoms with Crippen molar-refractivity contribution in [3.05, 3.63) is 48.6 Å². The molecule has 0 fully saturated rings. The summed E-state index contributed by atoms with van der Waals surface area (Å²) in [4.78, 5) is 29.8. The molecular formula is C14H17N5O2. The Balaban J connectivity index is 2.19. The van der Waals surface area contributed by atoms with Gasteiger partial charge in [0.1, 0.15) is 17.7 Å². The summed E-state index contributed by atoms with van der Waals surface area (Å²) in [6.45, 7) is 2.51. The average molecular weight is 287 g/mol. The summed E-state index contributed by atoms with van der Waals surface area (Å²) in [6, 6.07) is 2.82. The predicted octanol–water partition coefficient (Wildman–Crippen LogP) is 1.13. The lowest BCUT2D eigenvalue weighted by molar-refractivity contribution is -0.144. The van der Waals surface area contributed by atoms with Crippen molar-refractivity contribution in [2.24, 2.45) is 0 Å². The van der Waals surface area contributed by atoms with Gasteiger partial charge in [0.25, 0.3) is 0 Å². The van der Waals surface area contributed by atoms with Gasteiger partial charge in [0.05, 0.1) is 13.1 Å². The van der Waals surface area contributed by atoms with Crippen LogP contribution in [-0.4, -0.2) is 42.0 Å². The van der Waals surface area contributed by atoms with Crippen molar-refractivity contribution in [3.8, 4) is 0 Å². The first-order valence-corrected chi connectivity index (χ1v) is 6.69. The highest BCUT2D eigenvalue weighted by Gasteiger charge is 2.25. The molecule has 0 amide bonds. The van der Waals surface area contributed by atoms with Crippen molar-refractivity contribution in [1.82, 2.24) is 24.8 Å². The first-order chi connectivity index (χ1) is 10.2. The molecule has 0 saturated heterocycles. The second-order valence-corrected chi connectivity index (χ2v) is 4.50. The van der Waals surface area contributed by atoms with E-state index in [4.69, 9.17) is 0 Å². The van der Waals surface area contributed by atoms with E-state index in [0.717, 1.165) is 0 Å². The van der Waals surface area contributed by atoms with E-state index in [0.29, 0.717) is 31.2 Å². The zero-order valence-corrected chi connectivity index (χ0v) is 11.8. The maximum absolute atomic E-state index is 11.4. The lowest BCUT2D eigenvalue weighted by Crippen LogP contribution is -2.40. The van der Waals surface area contributed by atoms with Crippen LogP contribution in [0.25, 0.3) is 0 Å². The first kappa shape index (κ1) is 15.0. The van der Waals surface area contributed by atoms with Gasteiger partial charge in [-0.25, -0.2) is 19.9 Å². The van der Waals surface area contributed by atoms with Crippen molar-refractivity contribution in [2.75, 3.05) is 0 Å². The summed E-state index contributed by atoms with van der Waals surface area (Å²) in [5, 5.41) is 9.38. The number of rotatable bonds is 7. The van der Waals surface area contributed by atoms with E-state index in [1.54, 1.807) is 41.8 Å². The minimum Gasteiger partial charge on any atom is -0.480 e. The summed E-state index contributed by atoms with van der Waals surface area (Å²) in [5.74, 6) is 0.283. The van der Waals surface area contributed by atoms with Crippen LogP contribution in [0.3, 0.4) is 0 Å². The molecule has 2 rings (SSSR count). The van der Waals surface area contributed by atoms with Gasteiger partial charge < -0.3 is 5.11 Å². The Labute approximate surface area is 122 Å². The maximum atomic E-state index is 11.4. The van der Waals surface area contributed by atoms with Crippen LogP contribution in [0.5, 0.6) is 0 Å². The fraction of sp³-hybridized carbons (Fsp3) is 0.357. The molecule has 0 aromatic carbocycles. The third kappa shape index (κ3) is 4.28. The molecule has 1 N–H and O–H groups in total. The average Bonchev–Trinajstić information content (AvgIpc) is 2.49. The van der Waals surface area contributed by atoms with Crippen LogP contribution in [0.2, 0.25) is 0 Å². The Morgan fingerprint density at radius 3 is 1.81 bits per heavy atom. The molecule has 0 aliphatic carbocycles. The number of carbonyl (C=O) groups is 1. The zero-order chi connectivity index (χ0) is 15.1. The third-order valence-electron chi connectivity index (χ3n) is 3.04. The van der Waals surface area contributed by atoms with Crippen molar-refractivity contribution in [1.29, 1.82) is 0 Å². The van der Waals surface area contributed by atoms with Gasteiger partial charge in [-0.3, -0.25) is 9.69 Å². The number of aliphatic carboxylic acids is 1. The highest BCUT2D eigenvalue weighted by Crippen LogP contribution is 2.11. The number of carboxylic acids is 1. The number of carboxylic acid groups (broad SMARTS) is 1. The molecule has 2 aromatic heterocycles. The van der Waals surface area contributed by atoms with Gasteiger partial charge in [-0.2, -0.15) is 0 Å². The zero-order valence-electron chi connectivity index (χ0n) is 11.8. The van der Waals surface area contributed by atoms with Gasteiger partial charge >= 0.3 is 5.97 Å². The Morgan fingerprint density at radius 1 is 1.05 bits per heavy atom. The Hall–Kier alpha value is -2.41. The SMILES string of the molecule is CCC(C(=O)O)N(Cc1ncccn1)Cc1ncccn1. The summed E-state index contributed by atoms with van der Waals surface area (Å²) < 4.78 is 0. The van der Waals surface area contributed by atoms with Crippen LogP contribution in [0, 0.1) is 0 Å². The second-order valence-electron chi connectivity index (χ2n) is 4.50. The Bertz CT molecular complexity index is 523. The molecule has 1 atom stereocenters. The van der Waals surface area contributed by atoms with E-state index < -0.39 is 12.0 Å². The lowest BCUT2D eigenvalue weighted by atomic mass is 10.2. The molecule has 0 radical (unpaired) electrons. The van der Waals surface area contributed by atoms with E-state index in [9.17, 15) is 9.90 Å². The summed E-state index contributed by atoms with van der Waals surface area (Å²) in [7, 11) is 0. The molecule has 0 aliphatic heterocycles. The van der Waals surface area contributed by atoms with E-state index in [1.807, 2.05) is 6.92 Å². The van der Waals surface area contributed by atoms with Crippen LogP contribution in [-0.2, 0) is 17.9 Å². The van der Waals surface area contributed by atoms with Gasteiger partial charge in [0.2, 0.25) is 0 Å². The maximum Gasteiger partial charge on any atom is 0.320 e. The van der Waals surface area contributed by atoms with Crippen molar-refractivity contribution >= 4 is 5.97 Å². The van der Waals surface area contributed by atoms with Gasteiger partial charge in [-0.05, 0) is 18.6 Å². The van der Waals surface area contributed by atoms with Gasteiger partial charge in [-0.1, -0.05) is 6.92 Å². The Kier molecular flexibility index (Phi) is 5.28. The number of aromatic nitrogens is 4. The van der Waals surface area contributed by atoms with E-state index in [-0.39, 0.29) is 0 Å². The molecule has 0 bridgehead atoms. The molecule has 110 valence electrons. The molecule has 0 aliphatic rings. The van der Waals surface area contributed by atoms with Crippen LogP contribution in [0.15, 0.2) is 36.9 Å². The topological polar surface area (TPSA) is 92.1 Å². The van der Waals surface area contributed by atoms with Crippen molar-refractivity contribution in [3.63, 3.8) is 0 Å². The summed E-state index contributed by atoms with van der Waals surface area (Å²) >= 11 is 0. The molecular weight excluding hydrogens is 270 g/mol. The Morgan fingerprint density at radius 2 is 1.48 bits per heavy atom. The van der Waals surface area contributed by atoms with Crippen LogP contribution >= 0.6 is 0 Å². The van der Waals surface area contributed by atoms with E-state index in [2.05, 4.69) is 19.9 Å². The second kappa shape index (κ2) is 7.39. The van der Waals surface area contributed by atoms with Crippen LogP contribution in [0.4, 0.5) is 0 Å². The fourth-order valence-corrected chi connectivity index (χ4v) is 2.05. The van der Waals surface area contributed by atoms with Crippen LogP contribution in [0.1, 0.15) is 25.0 Å². The monoisotopic (exact) mass is 287 g/mol. The normalized spacial score (nSPS) is 12.3. The molecule has 7 nitrogen and oxygen atoms in total. The highest BCUT2D eigenvalue weighted by molar-refractivity contribution is 5.73. The van der Waals surface area contributed by atoms with Crippen molar-refractivity contribution < 1.29 is 9.90 Å². The quantitative estimate of drug-likeness (QED) is 0.816. The predicted molar refractivity (Wildman–Crippen MR) is 75.0 cm³/mol. The van der Waals surface area contributed by atoms with E-state index >= 15 is 0 Å². The lowest BCUT2D eigenvalue weighted by Gasteiger charge is -2.26. The standard InChI is InChI=1S/C14H17N5O2/c1-2-11(14(20)21)19(9-12-15-5-3-6-16-12)10-13-17-7-4-8-18-13/h3-8,11H,2,9-10H2,1H3,(H,20,21). The molecule has 2 aromatic rings. The summed E-state index contributed by atoms with van der Waals surface area (Å²) in [6.07, 6.45) is 7.04. The van der Waals surface area contributed by atoms with Gasteiger partial charge in [0, 0.05) is 24.8 Å². The number of hydrogen-bond acceptors (Lipinski definition) is 6. The van der Waals surface area contributed by atoms with Gasteiger partial charge in [-0.15, -0.1) is 0 Å². The molecule has 1 unspecified atom stereocenters. The molecule has 2 heterocycles. The van der Waals surface area contributed by atoms with Crippen molar-refractivity contribution in [2.45, 2.75) is 32.5 Å². The third-order valence-corrected chi connectivity index (χ3v) is 3.04. The molecule has 21 heavy (non-hydrogen) atoms. The molecule has 7 heteroatoms. The smallest absolute Gasteiger partial charge is 0.320 e.